The minimum Gasteiger partial charge on any atom is -0.358 e. The van der Waals surface area contributed by atoms with Crippen molar-refractivity contribution in [3.05, 3.63) is 0 Å². The maximum Gasteiger partial charge on any atom is 0.149 e. The third kappa shape index (κ3) is 27.1. The molecule has 0 bridgehead atoms. The highest BCUT2D eigenvalue weighted by molar-refractivity contribution is 5.85. The Morgan fingerprint density at radius 1 is 0.565 bits per heavy atom. The summed E-state index contributed by atoms with van der Waals surface area (Å²) in [6.07, 6.45) is 45.4. The molecule has 0 saturated heterocycles. The topological polar surface area (TPSA) is 58.7 Å². The average Bonchev–Trinajstić information content (AvgIpc) is 3.52. The zero-order valence-corrected chi connectivity index (χ0v) is 31.6. The van der Waals surface area contributed by atoms with Crippen molar-refractivity contribution >= 4 is 11.6 Å². The fraction of sp³-hybridized carbons (Fsp3) is 0.952. The van der Waals surface area contributed by atoms with Crippen molar-refractivity contribution < 1.29 is 4.79 Å². The summed E-state index contributed by atoms with van der Waals surface area (Å²) in [5.41, 5.74) is 6.33. The van der Waals surface area contributed by atoms with Gasteiger partial charge in [0.25, 0.3) is 0 Å². The van der Waals surface area contributed by atoms with Crippen LogP contribution >= 0.6 is 0 Å². The van der Waals surface area contributed by atoms with Gasteiger partial charge in [0.05, 0.1) is 18.4 Å². The van der Waals surface area contributed by atoms with Crippen molar-refractivity contribution in [1.82, 2.24) is 4.90 Å². The molecule has 2 N–H and O–H groups in total. The van der Waals surface area contributed by atoms with E-state index in [9.17, 15) is 4.79 Å². The molecule has 0 amide bonds. The van der Waals surface area contributed by atoms with Crippen LogP contribution in [0.2, 0.25) is 0 Å². The molecule has 0 aromatic carbocycles. The van der Waals surface area contributed by atoms with E-state index in [1.807, 2.05) is 0 Å². The molecule has 4 heteroatoms. The van der Waals surface area contributed by atoms with E-state index in [0.717, 1.165) is 38.9 Å². The highest BCUT2D eigenvalue weighted by atomic mass is 16.1. The number of Topliss-reactive ketones (excluding diaryl/α,β-unsaturated/α-hetero) is 1. The lowest BCUT2D eigenvalue weighted by Gasteiger charge is -2.22. The first kappa shape index (κ1) is 43.1. The number of nitrogens with two attached hydrogens (primary N) is 1. The van der Waals surface area contributed by atoms with Crippen LogP contribution in [0.4, 0.5) is 0 Å². The maximum atomic E-state index is 12.6. The summed E-state index contributed by atoms with van der Waals surface area (Å²) in [4.78, 5) is 19.8. The first-order chi connectivity index (χ1) is 22.7. The molecule has 0 aromatic heterocycles. The van der Waals surface area contributed by atoms with E-state index in [4.69, 9.17) is 10.7 Å². The highest BCUT2D eigenvalue weighted by Crippen LogP contribution is 2.17. The summed E-state index contributed by atoms with van der Waals surface area (Å²) in [6, 6.07) is -0.302. The Labute approximate surface area is 289 Å². The second-order valence-electron chi connectivity index (χ2n) is 14.9. The first-order valence-electron chi connectivity index (χ1n) is 21.3. The van der Waals surface area contributed by atoms with E-state index in [0.29, 0.717) is 6.42 Å². The summed E-state index contributed by atoms with van der Waals surface area (Å²) >= 11 is 0. The standard InChI is InChI=1S/C42H83N3O/c1-3-5-7-9-11-13-15-17-19-21-23-25-27-29-31-33-35-42-44-37-39-45(42)38-36-40(43)41(46)34-32-30-28-26-24-22-20-18-16-14-12-10-8-6-4-2/h40H,3-39,43H2,1-2H3. The Morgan fingerprint density at radius 3 is 1.30 bits per heavy atom. The van der Waals surface area contributed by atoms with Gasteiger partial charge in [0.2, 0.25) is 0 Å². The van der Waals surface area contributed by atoms with Gasteiger partial charge in [-0.25, -0.2) is 0 Å². The van der Waals surface area contributed by atoms with Crippen molar-refractivity contribution in [3.63, 3.8) is 0 Å². The molecular weight excluding hydrogens is 562 g/mol. The van der Waals surface area contributed by atoms with Gasteiger partial charge < -0.3 is 10.6 Å². The van der Waals surface area contributed by atoms with Gasteiger partial charge in [0.15, 0.2) is 0 Å². The molecule has 0 fully saturated rings. The van der Waals surface area contributed by atoms with Crippen LogP contribution in [0.1, 0.15) is 232 Å². The van der Waals surface area contributed by atoms with E-state index < -0.39 is 0 Å². The molecule has 0 aliphatic carbocycles. The minimum atomic E-state index is -0.302. The zero-order chi connectivity index (χ0) is 33.2. The Bertz CT molecular complexity index is 678. The lowest BCUT2D eigenvalue weighted by atomic mass is 10.0. The number of carbonyl (C=O) groups excluding carboxylic acids is 1. The van der Waals surface area contributed by atoms with Crippen molar-refractivity contribution in [1.29, 1.82) is 0 Å². The molecule has 272 valence electrons. The van der Waals surface area contributed by atoms with Crippen LogP contribution in [0, 0.1) is 0 Å². The molecule has 1 aliphatic heterocycles. The minimum absolute atomic E-state index is 0.269. The van der Waals surface area contributed by atoms with E-state index in [1.165, 1.54) is 198 Å². The first-order valence-corrected chi connectivity index (χ1v) is 21.3. The lowest BCUT2D eigenvalue weighted by molar-refractivity contribution is -0.120. The van der Waals surface area contributed by atoms with Crippen LogP contribution in [0.5, 0.6) is 0 Å². The van der Waals surface area contributed by atoms with Crippen molar-refractivity contribution in [2.24, 2.45) is 10.7 Å². The molecular formula is C42H83N3O. The quantitative estimate of drug-likeness (QED) is 0.0684. The predicted molar refractivity (Wildman–Crippen MR) is 205 cm³/mol. The number of hydrogen-bond donors (Lipinski definition) is 1. The number of unbranched alkanes of at least 4 members (excludes halogenated alkanes) is 29. The van der Waals surface area contributed by atoms with Gasteiger partial charge in [-0.05, 0) is 19.3 Å². The van der Waals surface area contributed by atoms with E-state index in [-0.39, 0.29) is 11.8 Å². The van der Waals surface area contributed by atoms with Crippen molar-refractivity contribution in [2.45, 2.75) is 238 Å². The molecule has 1 heterocycles. The Hall–Kier alpha value is -0.900. The second-order valence-corrected chi connectivity index (χ2v) is 14.9. The molecule has 4 nitrogen and oxygen atoms in total. The Morgan fingerprint density at radius 2 is 0.913 bits per heavy atom. The fourth-order valence-electron chi connectivity index (χ4n) is 7.15. The molecule has 0 spiro atoms. The number of amidine groups is 1. The van der Waals surface area contributed by atoms with Gasteiger partial charge in [0.1, 0.15) is 5.78 Å². The van der Waals surface area contributed by atoms with E-state index in [2.05, 4.69) is 18.7 Å². The molecule has 46 heavy (non-hydrogen) atoms. The number of aliphatic imine (C=N–C) groups is 1. The van der Waals surface area contributed by atoms with Gasteiger partial charge in [-0.2, -0.15) is 0 Å². The fourth-order valence-corrected chi connectivity index (χ4v) is 7.15. The van der Waals surface area contributed by atoms with Gasteiger partial charge in [-0.1, -0.05) is 200 Å². The van der Waals surface area contributed by atoms with E-state index in [1.54, 1.807) is 0 Å². The van der Waals surface area contributed by atoms with Crippen LogP contribution in [0.25, 0.3) is 0 Å². The number of nitrogens with zero attached hydrogens (tertiary/aromatic N) is 2. The van der Waals surface area contributed by atoms with Crippen LogP contribution in [-0.4, -0.2) is 42.2 Å². The SMILES string of the molecule is CCCCCCCCCCCCCCCCCCC1=NCCN1CCC(N)C(=O)CCCCCCCCCCCCCCCCC. The van der Waals surface area contributed by atoms with Gasteiger partial charge >= 0.3 is 0 Å². The molecule has 0 radical (unpaired) electrons. The molecule has 1 aliphatic rings. The largest absolute Gasteiger partial charge is 0.358 e. The third-order valence-electron chi connectivity index (χ3n) is 10.4. The van der Waals surface area contributed by atoms with Gasteiger partial charge in [0, 0.05) is 25.9 Å². The van der Waals surface area contributed by atoms with Crippen LogP contribution < -0.4 is 5.73 Å². The van der Waals surface area contributed by atoms with Crippen molar-refractivity contribution in [2.75, 3.05) is 19.6 Å². The summed E-state index contributed by atoms with van der Waals surface area (Å²) < 4.78 is 0. The number of rotatable bonds is 37. The summed E-state index contributed by atoms with van der Waals surface area (Å²) in [6.45, 7) is 7.40. The van der Waals surface area contributed by atoms with Crippen LogP contribution in [0.15, 0.2) is 4.99 Å². The molecule has 0 saturated carbocycles. The van der Waals surface area contributed by atoms with Crippen LogP contribution in [0.3, 0.4) is 0 Å². The van der Waals surface area contributed by atoms with Gasteiger partial charge in [-0.15, -0.1) is 0 Å². The summed E-state index contributed by atoms with van der Waals surface area (Å²) in [7, 11) is 0. The summed E-state index contributed by atoms with van der Waals surface area (Å²) in [5.74, 6) is 1.54. The molecule has 1 unspecified atom stereocenters. The third-order valence-corrected chi connectivity index (χ3v) is 10.4. The van der Waals surface area contributed by atoms with Crippen LogP contribution in [-0.2, 0) is 4.79 Å². The molecule has 0 aromatic rings. The predicted octanol–water partition coefficient (Wildman–Crippen LogP) is 12.9. The van der Waals surface area contributed by atoms with E-state index >= 15 is 0 Å². The highest BCUT2D eigenvalue weighted by Gasteiger charge is 2.19. The average molecular weight is 646 g/mol. The normalized spacial score (nSPS) is 13.9. The molecule has 1 atom stereocenters. The maximum absolute atomic E-state index is 12.6. The van der Waals surface area contributed by atoms with Gasteiger partial charge in [-0.3, -0.25) is 9.79 Å². The second kappa shape index (κ2) is 34.0. The Kier molecular flexibility index (Phi) is 31.9. The Balaban J connectivity index is 1.90. The monoisotopic (exact) mass is 646 g/mol. The molecule has 1 rings (SSSR count). The lowest BCUT2D eigenvalue weighted by Crippen LogP contribution is -2.37. The number of carbonyl (C=O) groups is 1. The number of ketones is 1. The van der Waals surface area contributed by atoms with Crippen molar-refractivity contribution in [3.8, 4) is 0 Å². The summed E-state index contributed by atoms with van der Waals surface area (Å²) in [5, 5.41) is 0. The smallest absolute Gasteiger partial charge is 0.149 e. The number of hydrogen-bond acceptors (Lipinski definition) is 4. The zero-order valence-electron chi connectivity index (χ0n) is 31.6.